The predicted octanol–water partition coefficient (Wildman–Crippen LogP) is 3.06. The number of carbonyl (C=O) groups excluding carboxylic acids is 1. The molecule has 0 atom stereocenters. The first-order valence-electron chi connectivity index (χ1n) is 5.35. The van der Waals surface area contributed by atoms with Crippen LogP contribution in [0, 0.1) is 25.5 Å². The highest BCUT2D eigenvalue weighted by molar-refractivity contribution is 5.89. The van der Waals surface area contributed by atoms with E-state index in [2.05, 4.69) is 4.98 Å². The van der Waals surface area contributed by atoms with Gasteiger partial charge in [0.25, 0.3) is 0 Å². The van der Waals surface area contributed by atoms with E-state index < -0.39 is 17.6 Å². The zero-order valence-corrected chi connectivity index (χ0v) is 10.2. The van der Waals surface area contributed by atoms with Gasteiger partial charge in [-0.3, -0.25) is 9.78 Å². The van der Waals surface area contributed by atoms with Gasteiger partial charge >= 0.3 is 5.97 Å². The van der Waals surface area contributed by atoms with Gasteiger partial charge in [-0.05, 0) is 26.0 Å². The fourth-order valence-corrected chi connectivity index (χ4v) is 1.74. The smallest absolute Gasteiger partial charge is 0.308 e. The average molecular weight is 251 g/mol. The van der Waals surface area contributed by atoms with Gasteiger partial charge in [0, 0.05) is 18.2 Å². The minimum atomic E-state index is -1.06. The Morgan fingerprint density at radius 1 is 1.28 bits per heavy atom. The van der Waals surface area contributed by atoms with Gasteiger partial charge in [-0.2, -0.15) is 0 Å². The second kappa shape index (κ2) is 4.33. The number of nitrogens with zero attached hydrogens (tertiary/aromatic N) is 1. The highest BCUT2D eigenvalue weighted by Gasteiger charge is 2.18. The molecule has 0 fully saturated rings. The van der Waals surface area contributed by atoms with Gasteiger partial charge in [0.15, 0.2) is 11.6 Å². The summed E-state index contributed by atoms with van der Waals surface area (Å²) in [6, 6.07) is 2.35. The van der Waals surface area contributed by atoms with Crippen molar-refractivity contribution in [3.63, 3.8) is 0 Å². The number of aromatic nitrogens is 1. The Kier molecular flexibility index (Phi) is 2.98. The number of halogens is 2. The number of rotatable bonds is 1. The van der Waals surface area contributed by atoms with Crippen molar-refractivity contribution in [3.8, 4) is 5.75 Å². The molecule has 0 unspecified atom stereocenters. The molecule has 2 rings (SSSR count). The number of esters is 1. The lowest BCUT2D eigenvalue weighted by Crippen LogP contribution is -2.06. The summed E-state index contributed by atoms with van der Waals surface area (Å²) in [5.74, 6) is -2.61. The van der Waals surface area contributed by atoms with Crippen LogP contribution in [-0.2, 0) is 4.79 Å². The van der Waals surface area contributed by atoms with Crippen LogP contribution in [0.15, 0.2) is 12.1 Å². The van der Waals surface area contributed by atoms with Crippen LogP contribution < -0.4 is 4.74 Å². The third-order valence-corrected chi connectivity index (χ3v) is 2.72. The first-order chi connectivity index (χ1) is 8.41. The van der Waals surface area contributed by atoms with E-state index in [1.165, 1.54) is 13.0 Å². The van der Waals surface area contributed by atoms with Crippen LogP contribution in [0.5, 0.6) is 5.75 Å². The Bertz CT molecular complexity index is 653. The number of aryl methyl sites for hydroxylation is 1. The van der Waals surface area contributed by atoms with Crippen LogP contribution in [0.25, 0.3) is 10.9 Å². The fourth-order valence-electron chi connectivity index (χ4n) is 1.74. The Hall–Kier alpha value is -2.04. The number of benzene rings is 1. The molecule has 0 amide bonds. The Morgan fingerprint density at radius 3 is 2.56 bits per heavy atom. The lowest BCUT2D eigenvalue weighted by molar-refractivity contribution is -0.131. The maximum absolute atomic E-state index is 13.8. The maximum Gasteiger partial charge on any atom is 0.308 e. The van der Waals surface area contributed by atoms with E-state index >= 15 is 0 Å². The van der Waals surface area contributed by atoms with E-state index in [1.54, 1.807) is 13.8 Å². The van der Waals surface area contributed by atoms with Gasteiger partial charge in [-0.15, -0.1) is 0 Å². The van der Waals surface area contributed by atoms with Crippen LogP contribution in [0.1, 0.15) is 18.2 Å². The Balaban J connectivity index is 2.89. The predicted molar refractivity (Wildman–Crippen MR) is 62.4 cm³/mol. The summed E-state index contributed by atoms with van der Waals surface area (Å²) in [6.07, 6.45) is 0. The molecule has 3 nitrogen and oxygen atoms in total. The Morgan fingerprint density at radius 2 is 1.94 bits per heavy atom. The molecular formula is C13H11F2NO2. The van der Waals surface area contributed by atoms with Crippen molar-refractivity contribution >= 4 is 16.9 Å². The van der Waals surface area contributed by atoms with E-state index in [-0.39, 0.29) is 16.7 Å². The molecule has 0 saturated heterocycles. The van der Waals surface area contributed by atoms with E-state index in [0.717, 1.165) is 6.07 Å². The van der Waals surface area contributed by atoms with Gasteiger partial charge in [-0.25, -0.2) is 8.78 Å². The number of hydrogen-bond acceptors (Lipinski definition) is 3. The zero-order valence-electron chi connectivity index (χ0n) is 10.2. The first kappa shape index (κ1) is 12.4. The lowest BCUT2D eigenvalue weighted by atomic mass is 10.1. The molecule has 0 spiro atoms. The van der Waals surface area contributed by atoms with Crippen molar-refractivity contribution in [3.05, 3.63) is 35.0 Å². The summed E-state index contributed by atoms with van der Waals surface area (Å²) < 4.78 is 32.1. The van der Waals surface area contributed by atoms with Crippen LogP contribution in [0.3, 0.4) is 0 Å². The van der Waals surface area contributed by atoms with E-state index in [1.807, 2.05) is 0 Å². The molecule has 1 aromatic heterocycles. The zero-order chi connectivity index (χ0) is 13.4. The second-order valence-corrected chi connectivity index (χ2v) is 4.00. The van der Waals surface area contributed by atoms with Crippen LogP contribution in [-0.4, -0.2) is 11.0 Å². The summed E-state index contributed by atoms with van der Waals surface area (Å²) in [6.45, 7) is 4.56. The molecule has 0 radical (unpaired) electrons. The molecule has 2 aromatic rings. The minimum absolute atomic E-state index is 0.0296. The fraction of sp³-hybridized carbons (Fsp3) is 0.231. The topological polar surface area (TPSA) is 39.2 Å². The van der Waals surface area contributed by atoms with Gasteiger partial charge in [0.05, 0.1) is 10.9 Å². The van der Waals surface area contributed by atoms with Gasteiger partial charge in [0.1, 0.15) is 5.75 Å². The highest BCUT2D eigenvalue weighted by atomic mass is 19.2. The molecule has 0 saturated carbocycles. The monoisotopic (exact) mass is 251 g/mol. The molecule has 0 bridgehead atoms. The van der Waals surface area contributed by atoms with E-state index in [0.29, 0.717) is 11.3 Å². The lowest BCUT2D eigenvalue weighted by Gasteiger charge is -2.12. The molecule has 0 aliphatic carbocycles. The van der Waals surface area contributed by atoms with Gasteiger partial charge < -0.3 is 4.74 Å². The van der Waals surface area contributed by atoms with Crippen LogP contribution in [0.2, 0.25) is 0 Å². The molecule has 18 heavy (non-hydrogen) atoms. The molecule has 0 N–H and O–H groups in total. The molecule has 0 aliphatic heterocycles. The SMILES string of the molecule is CC(=O)Oc1c(C)c(C)nc2ccc(F)c(F)c12. The van der Waals surface area contributed by atoms with Crippen molar-refractivity contribution in [1.29, 1.82) is 0 Å². The van der Waals surface area contributed by atoms with Crippen molar-refractivity contribution in [2.75, 3.05) is 0 Å². The van der Waals surface area contributed by atoms with E-state index in [9.17, 15) is 13.6 Å². The number of fused-ring (bicyclic) bond motifs is 1. The number of hydrogen-bond donors (Lipinski definition) is 0. The molecule has 94 valence electrons. The summed E-state index contributed by atoms with van der Waals surface area (Å²) in [5, 5.41) is -0.103. The van der Waals surface area contributed by atoms with Crippen molar-refractivity contribution < 1.29 is 18.3 Å². The number of pyridine rings is 1. The van der Waals surface area contributed by atoms with Crippen molar-refractivity contribution in [1.82, 2.24) is 4.98 Å². The summed E-state index contributed by atoms with van der Waals surface area (Å²) in [4.78, 5) is 15.2. The molecule has 0 aliphatic rings. The maximum atomic E-state index is 13.8. The summed E-state index contributed by atoms with van der Waals surface area (Å²) in [5.41, 5.74) is 1.38. The molecular weight excluding hydrogens is 240 g/mol. The van der Waals surface area contributed by atoms with E-state index in [4.69, 9.17) is 4.74 Å². The van der Waals surface area contributed by atoms with Crippen molar-refractivity contribution in [2.24, 2.45) is 0 Å². The minimum Gasteiger partial charge on any atom is -0.426 e. The largest absolute Gasteiger partial charge is 0.426 e. The van der Waals surface area contributed by atoms with Gasteiger partial charge in [0.2, 0.25) is 0 Å². The molecule has 1 heterocycles. The van der Waals surface area contributed by atoms with Crippen molar-refractivity contribution in [2.45, 2.75) is 20.8 Å². The third kappa shape index (κ3) is 1.92. The standard InChI is InChI=1S/C13H11F2NO2/c1-6-7(2)16-10-5-4-9(14)12(15)11(10)13(6)18-8(3)17/h4-5H,1-3H3. The highest BCUT2D eigenvalue weighted by Crippen LogP contribution is 2.33. The quantitative estimate of drug-likeness (QED) is 0.731. The summed E-state index contributed by atoms with van der Waals surface area (Å²) in [7, 11) is 0. The first-order valence-corrected chi connectivity index (χ1v) is 5.35. The second-order valence-electron chi connectivity index (χ2n) is 4.00. The van der Waals surface area contributed by atoms with Crippen LogP contribution in [0.4, 0.5) is 8.78 Å². The molecule has 1 aromatic carbocycles. The molecule has 5 heteroatoms. The third-order valence-electron chi connectivity index (χ3n) is 2.72. The normalized spacial score (nSPS) is 10.7. The summed E-state index contributed by atoms with van der Waals surface area (Å²) >= 11 is 0. The van der Waals surface area contributed by atoms with Gasteiger partial charge in [-0.1, -0.05) is 0 Å². The van der Waals surface area contributed by atoms with Crippen LogP contribution >= 0.6 is 0 Å². The number of ether oxygens (including phenoxy) is 1. The average Bonchev–Trinajstić information content (AvgIpc) is 2.29. The number of carbonyl (C=O) groups is 1. The Labute approximate surface area is 102 Å².